The molecule has 1 amide bonds. The van der Waals surface area contributed by atoms with Crippen LogP contribution in [0.15, 0.2) is 29.1 Å². The van der Waals surface area contributed by atoms with Gasteiger partial charge in [0.25, 0.3) is 11.5 Å². The molecule has 0 spiro atoms. The average molecular weight is 465 g/mol. The molecule has 178 valence electrons. The van der Waals surface area contributed by atoms with E-state index in [0.29, 0.717) is 16.8 Å². The van der Waals surface area contributed by atoms with Crippen LogP contribution in [-0.2, 0) is 18.3 Å². The molecule has 2 unspecified atom stereocenters. The lowest BCUT2D eigenvalue weighted by molar-refractivity contribution is -0.190. The number of aromatic nitrogens is 1. The number of amides is 1. The zero-order chi connectivity index (χ0) is 24.3. The standard InChI is InChI=1S/C23H26F3N3O4/c1-12-3-4-15(30)8-17(12)21-5-6-29(11-23(24,25)26)13(2)22(21,33)9-14-7-16(19(27)31)20(32)28-18(14)10-21/h3-4,7-8,13,30,33H,5-6,9-11H2,1-2H3,(H2,27,31)(H,28,32)/t13?,21-,22?/m1/s1. The van der Waals surface area contributed by atoms with Gasteiger partial charge in [-0.15, -0.1) is 0 Å². The number of phenols is 1. The Hall–Kier alpha value is -2.85. The molecule has 0 saturated carbocycles. The van der Waals surface area contributed by atoms with E-state index in [2.05, 4.69) is 4.98 Å². The number of rotatable bonds is 3. The first-order chi connectivity index (χ1) is 15.3. The van der Waals surface area contributed by atoms with Crippen LogP contribution in [0.5, 0.6) is 5.75 Å². The fourth-order valence-corrected chi connectivity index (χ4v) is 5.74. The number of carbonyl (C=O) groups excluding carboxylic acids is 1. The van der Waals surface area contributed by atoms with Crippen molar-refractivity contribution in [3.8, 4) is 5.75 Å². The van der Waals surface area contributed by atoms with Crippen molar-refractivity contribution in [2.75, 3.05) is 13.1 Å². The van der Waals surface area contributed by atoms with E-state index in [-0.39, 0.29) is 37.1 Å². The van der Waals surface area contributed by atoms with Crippen molar-refractivity contribution in [2.24, 2.45) is 5.73 Å². The number of pyridine rings is 1. The highest BCUT2D eigenvalue weighted by Crippen LogP contribution is 2.53. The third kappa shape index (κ3) is 3.71. The van der Waals surface area contributed by atoms with Crippen LogP contribution in [0.4, 0.5) is 13.2 Å². The number of benzene rings is 1. The number of aromatic hydroxyl groups is 1. The van der Waals surface area contributed by atoms with Gasteiger partial charge < -0.3 is 20.9 Å². The van der Waals surface area contributed by atoms with E-state index in [0.717, 1.165) is 5.56 Å². The molecule has 33 heavy (non-hydrogen) atoms. The fraction of sp³-hybridized carbons (Fsp3) is 0.478. The van der Waals surface area contributed by atoms with Gasteiger partial charge in [-0.25, -0.2) is 0 Å². The lowest BCUT2D eigenvalue weighted by Crippen LogP contribution is -2.71. The minimum atomic E-state index is -4.44. The van der Waals surface area contributed by atoms with Gasteiger partial charge in [0.05, 0.1) is 12.1 Å². The molecule has 1 aliphatic carbocycles. The molecule has 4 rings (SSSR count). The summed E-state index contributed by atoms with van der Waals surface area (Å²) in [6.07, 6.45) is -4.23. The Balaban J connectivity index is 1.93. The van der Waals surface area contributed by atoms with E-state index < -0.39 is 41.2 Å². The maximum atomic E-state index is 13.3. The number of nitrogens with zero attached hydrogens (tertiary/aromatic N) is 1. The van der Waals surface area contributed by atoms with Crippen LogP contribution in [0.2, 0.25) is 0 Å². The molecule has 2 heterocycles. The van der Waals surface area contributed by atoms with Crippen LogP contribution in [0.3, 0.4) is 0 Å². The van der Waals surface area contributed by atoms with Crippen molar-refractivity contribution in [1.82, 2.24) is 9.88 Å². The molecule has 5 N–H and O–H groups in total. The minimum absolute atomic E-state index is 0.0268. The van der Waals surface area contributed by atoms with E-state index in [4.69, 9.17) is 5.73 Å². The highest BCUT2D eigenvalue weighted by molar-refractivity contribution is 5.92. The van der Waals surface area contributed by atoms with Gasteiger partial charge in [0.2, 0.25) is 0 Å². The molecule has 3 atom stereocenters. The largest absolute Gasteiger partial charge is 0.508 e. The third-order valence-electron chi connectivity index (χ3n) is 7.43. The van der Waals surface area contributed by atoms with Crippen LogP contribution < -0.4 is 11.3 Å². The van der Waals surface area contributed by atoms with Crippen LogP contribution >= 0.6 is 0 Å². The van der Waals surface area contributed by atoms with E-state index in [1.165, 1.54) is 23.1 Å². The second kappa shape index (κ2) is 7.59. The first-order valence-electron chi connectivity index (χ1n) is 10.7. The fourth-order valence-electron chi connectivity index (χ4n) is 5.74. The van der Waals surface area contributed by atoms with Gasteiger partial charge in [0.15, 0.2) is 0 Å². The maximum absolute atomic E-state index is 13.3. The van der Waals surface area contributed by atoms with E-state index in [1.807, 2.05) is 6.92 Å². The number of halogens is 3. The zero-order valence-corrected chi connectivity index (χ0v) is 18.3. The normalized spacial score (nSPS) is 27.6. The number of H-pyrrole nitrogens is 1. The third-order valence-corrected chi connectivity index (χ3v) is 7.43. The number of hydrogen-bond acceptors (Lipinski definition) is 5. The van der Waals surface area contributed by atoms with Crippen LogP contribution in [0.25, 0.3) is 0 Å². The Kier molecular flexibility index (Phi) is 5.37. The predicted octanol–water partition coefficient (Wildman–Crippen LogP) is 1.91. The van der Waals surface area contributed by atoms with Crippen molar-refractivity contribution in [1.29, 1.82) is 0 Å². The molecule has 0 radical (unpaired) electrons. The van der Waals surface area contributed by atoms with E-state index in [1.54, 1.807) is 13.0 Å². The van der Waals surface area contributed by atoms with Gasteiger partial charge in [-0.2, -0.15) is 13.2 Å². The molecule has 1 fully saturated rings. The van der Waals surface area contributed by atoms with E-state index >= 15 is 0 Å². The summed E-state index contributed by atoms with van der Waals surface area (Å²) < 4.78 is 39.8. The maximum Gasteiger partial charge on any atom is 0.401 e. The molecule has 2 aliphatic rings. The number of hydrogen-bond donors (Lipinski definition) is 4. The van der Waals surface area contributed by atoms with Gasteiger partial charge in [-0.3, -0.25) is 14.5 Å². The molecule has 10 heteroatoms. The number of phenolic OH excluding ortho intramolecular Hbond substituents is 1. The van der Waals surface area contributed by atoms with Crippen molar-refractivity contribution in [2.45, 2.75) is 56.3 Å². The molecule has 0 bridgehead atoms. The smallest absolute Gasteiger partial charge is 0.401 e. The lowest BCUT2D eigenvalue weighted by Gasteiger charge is -2.60. The molecule has 1 aromatic carbocycles. The number of nitrogens with one attached hydrogen (secondary N) is 1. The number of aryl methyl sites for hydroxylation is 1. The molecule has 7 nitrogen and oxygen atoms in total. The molecule has 1 aromatic heterocycles. The van der Waals surface area contributed by atoms with Gasteiger partial charge in [-0.1, -0.05) is 6.07 Å². The summed E-state index contributed by atoms with van der Waals surface area (Å²) in [5, 5.41) is 22.4. The number of alkyl halides is 3. The minimum Gasteiger partial charge on any atom is -0.508 e. The summed E-state index contributed by atoms with van der Waals surface area (Å²) in [5.74, 6) is -0.955. The number of nitrogens with two attached hydrogens (primary N) is 1. The van der Waals surface area contributed by atoms with Gasteiger partial charge in [-0.05, 0) is 61.7 Å². The Morgan fingerprint density at radius 3 is 2.64 bits per heavy atom. The second-order valence-electron chi connectivity index (χ2n) is 9.25. The Morgan fingerprint density at radius 2 is 2.00 bits per heavy atom. The Labute approximate surface area is 188 Å². The molecular formula is C23H26F3N3O4. The van der Waals surface area contributed by atoms with Crippen molar-refractivity contribution >= 4 is 5.91 Å². The monoisotopic (exact) mass is 465 g/mol. The number of likely N-dealkylation sites (tertiary alicyclic amines) is 1. The van der Waals surface area contributed by atoms with Crippen LogP contribution in [0, 0.1) is 6.92 Å². The summed E-state index contributed by atoms with van der Waals surface area (Å²) in [6, 6.07) is 5.15. The van der Waals surface area contributed by atoms with Crippen molar-refractivity contribution in [3.63, 3.8) is 0 Å². The molecule has 1 aliphatic heterocycles. The molecule has 1 saturated heterocycles. The molecular weight excluding hydrogens is 439 g/mol. The van der Waals surface area contributed by atoms with Gasteiger partial charge >= 0.3 is 6.18 Å². The first-order valence-corrected chi connectivity index (χ1v) is 10.7. The van der Waals surface area contributed by atoms with Crippen molar-refractivity contribution < 1.29 is 28.2 Å². The topological polar surface area (TPSA) is 120 Å². The number of fused-ring (bicyclic) bond motifs is 2. The number of primary amides is 1. The summed E-state index contributed by atoms with van der Waals surface area (Å²) in [5.41, 5.74) is 3.96. The number of carbonyl (C=O) groups is 1. The first kappa shape index (κ1) is 23.3. The van der Waals surface area contributed by atoms with Crippen LogP contribution in [0.1, 0.15) is 46.1 Å². The number of aliphatic hydroxyl groups is 1. The second-order valence-corrected chi connectivity index (χ2v) is 9.25. The number of piperidine rings is 1. The summed E-state index contributed by atoms with van der Waals surface area (Å²) in [7, 11) is 0. The Morgan fingerprint density at radius 1 is 1.30 bits per heavy atom. The van der Waals surface area contributed by atoms with Gasteiger partial charge in [0.1, 0.15) is 11.3 Å². The average Bonchev–Trinajstić information content (AvgIpc) is 2.70. The predicted molar refractivity (Wildman–Crippen MR) is 114 cm³/mol. The quantitative estimate of drug-likeness (QED) is 0.552. The van der Waals surface area contributed by atoms with E-state index in [9.17, 15) is 33.0 Å². The molecule has 2 aromatic rings. The van der Waals surface area contributed by atoms with Crippen LogP contribution in [-0.4, -0.2) is 56.9 Å². The zero-order valence-electron chi connectivity index (χ0n) is 18.3. The van der Waals surface area contributed by atoms with Crippen molar-refractivity contribution in [3.05, 3.63) is 62.6 Å². The SMILES string of the molecule is Cc1ccc(O)cc1[C@]12CCN(CC(F)(F)F)C(C)C1(O)Cc1cc(C(N)=O)c(=O)[nH]c1C2. The Bertz CT molecular complexity index is 1180. The highest BCUT2D eigenvalue weighted by atomic mass is 19.4. The summed E-state index contributed by atoms with van der Waals surface area (Å²) in [4.78, 5) is 28.0. The number of aromatic amines is 1. The summed E-state index contributed by atoms with van der Waals surface area (Å²) in [6.45, 7) is 2.27. The lowest BCUT2D eigenvalue weighted by atomic mass is 9.53. The highest BCUT2D eigenvalue weighted by Gasteiger charge is 2.61. The van der Waals surface area contributed by atoms with Gasteiger partial charge in [0, 0.05) is 30.0 Å². The summed E-state index contributed by atoms with van der Waals surface area (Å²) >= 11 is 0.